The molecule has 9 nitrogen and oxygen atoms in total. The fraction of sp³-hybridized carbons (Fsp3) is 0.438. The second-order valence-corrected chi connectivity index (χ2v) is 12.0. The van der Waals surface area contributed by atoms with Crippen LogP contribution in [0.15, 0.2) is 36.4 Å². The number of methoxy groups -OCH3 is 1. The van der Waals surface area contributed by atoms with Crippen LogP contribution in [0.4, 0.5) is 29.5 Å². The number of halogens is 3. The Bertz CT molecular complexity index is 1600. The highest BCUT2D eigenvalue weighted by atomic mass is 19.4. The zero-order valence-corrected chi connectivity index (χ0v) is 25.6. The lowest BCUT2D eigenvalue weighted by atomic mass is 9.84. The molecule has 4 rings (SSSR count). The maximum absolute atomic E-state index is 13.9. The molecule has 2 atom stereocenters. The van der Waals surface area contributed by atoms with Crippen LogP contribution >= 0.6 is 0 Å². The Labute approximate surface area is 253 Å². The number of carbonyl (C=O) groups excluding carboxylic acids is 1. The first kappa shape index (κ1) is 32.7. The number of amides is 1. The van der Waals surface area contributed by atoms with Gasteiger partial charge in [0, 0.05) is 18.2 Å². The van der Waals surface area contributed by atoms with Gasteiger partial charge in [0.05, 0.1) is 29.6 Å². The summed E-state index contributed by atoms with van der Waals surface area (Å²) in [4.78, 5) is 33.0. The van der Waals surface area contributed by atoms with Crippen LogP contribution in [0.3, 0.4) is 0 Å². The second-order valence-electron chi connectivity index (χ2n) is 12.0. The summed E-state index contributed by atoms with van der Waals surface area (Å²) in [5.41, 5.74) is 1.84. The van der Waals surface area contributed by atoms with Crippen LogP contribution in [0.25, 0.3) is 16.5 Å². The number of allylic oxidation sites excluding steroid dienone is 2. The topological polar surface area (TPSA) is 123 Å². The fourth-order valence-electron chi connectivity index (χ4n) is 5.17. The fourth-order valence-corrected chi connectivity index (χ4v) is 5.17. The number of benzene rings is 2. The van der Waals surface area contributed by atoms with Crippen molar-refractivity contribution in [1.82, 2.24) is 9.97 Å². The van der Waals surface area contributed by atoms with E-state index < -0.39 is 41.4 Å². The highest BCUT2D eigenvalue weighted by molar-refractivity contribution is 5.93. The summed E-state index contributed by atoms with van der Waals surface area (Å²) in [6.45, 7) is 8.71. The average molecular weight is 615 g/mol. The molecule has 0 radical (unpaired) electrons. The van der Waals surface area contributed by atoms with E-state index in [0.29, 0.717) is 48.4 Å². The molecule has 44 heavy (non-hydrogen) atoms. The summed E-state index contributed by atoms with van der Waals surface area (Å²) >= 11 is 0. The van der Waals surface area contributed by atoms with Crippen molar-refractivity contribution < 1.29 is 37.3 Å². The quantitative estimate of drug-likeness (QED) is 0.234. The predicted octanol–water partition coefficient (Wildman–Crippen LogP) is 7.89. The average Bonchev–Trinajstić information content (AvgIpc) is 2.91. The number of fused-ring (bicyclic) bond motifs is 1. The molecule has 1 aliphatic carbocycles. The number of aryl methyl sites for hydroxylation is 1. The van der Waals surface area contributed by atoms with Crippen molar-refractivity contribution in [2.75, 3.05) is 17.7 Å². The van der Waals surface area contributed by atoms with Crippen LogP contribution in [0.5, 0.6) is 0 Å². The molecule has 236 valence electrons. The van der Waals surface area contributed by atoms with Crippen molar-refractivity contribution >= 4 is 40.0 Å². The molecular weight excluding hydrogens is 577 g/mol. The van der Waals surface area contributed by atoms with Gasteiger partial charge in [-0.2, -0.15) is 13.2 Å². The summed E-state index contributed by atoms with van der Waals surface area (Å²) in [7, 11) is 1.59. The first-order valence-corrected chi connectivity index (χ1v) is 14.2. The zero-order valence-electron chi connectivity index (χ0n) is 25.6. The van der Waals surface area contributed by atoms with Crippen molar-refractivity contribution in [3.8, 4) is 0 Å². The van der Waals surface area contributed by atoms with Crippen LogP contribution < -0.4 is 10.6 Å². The van der Waals surface area contributed by atoms with Gasteiger partial charge in [0.25, 0.3) is 0 Å². The van der Waals surface area contributed by atoms with E-state index in [-0.39, 0.29) is 11.3 Å². The molecule has 12 heteroatoms. The lowest BCUT2D eigenvalue weighted by molar-refractivity contribution is -0.142. The second kappa shape index (κ2) is 12.8. The van der Waals surface area contributed by atoms with Crippen molar-refractivity contribution in [2.24, 2.45) is 5.92 Å². The normalized spacial score (nSPS) is 16.3. The molecular formula is C32H37F3N4O5. The summed E-state index contributed by atoms with van der Waals surface area (Å²) in [5.74, 6) is -0.374. The van der Waals surface area contributed by atoms with Gasteiger partial charge in [0.15, 0.2) is 0 Å². The number of nitrogens with zero attached hydrogens (tertiary/aromatic N) is 2. The molecule has 3 aromatic rings. The van der Waals surface area contributed by atoms with Gasteiger partial charge in [-0.1, -0.05) is 6.08 Å². The molecule has 1 unspecified atom stereocenters. The van der Waals surface area contributed by atoms with E-state index in [2.05, 4.69) is 20.6 Å². The standard InChI is InChI=1S/C32H37F3N4O5/c1-17(21-11-23(32(33,34)35)14-24(12-21)39-30(42)44-31(3,4)5)36-28-26-15-25(19-7-9-20(10-8-19)29(40)41)22(16-43-6)13-27(26)37-18(2)38-28/h7,11-15,17,20H,8-10,16H2,1-6H3,(H,39,42)(H,40,41)(H,36,37,38)/t17-,20?/m1/s1. The van der Waals surface area contributed by atoms with E-state index in [0.717, 1.165) is 28.8 Å². The number of aromatic nitrogens is 2. The van der Waals surface area contributed by atoms with E-state index in [9.17, 15) is 27.9 Å². The van der Waals surface area contributed by atoms with E-state index in [1.807, 2.05) is 18.2 Å². The number of hydrogen-bond acceptors (Lipinski definition) is 7. The van der Waals surface area contributed by atoms with Gasteiger partial charge < -0.3 is 19.9 Å². The van der Waals surface area contributed by atoms with Gasteiger partial charge in [-0.05, 0) is 106 Å². The Balaban J connectivity index is 1.74. The molecule has 2 aromatic carbocycles. The number of rotatable bonds is 8. The Hall–Kier alpha value is -4.19. The molecule has 0 saturated heterocycles. The monoisotopic (exact) mass is 614 g/mol. The number of hydrogen-bond donors (Lipinski definition) is 3. The lowest BCUT2D eigenvalue weighted by Gasteiger charge is -2.23. The third kappa shape index (κ3) is 8.04. The van der Waals surface area contributed by atoms with Gasteiger partial charge in [-0.3, -0.25) is 10.1 Å². The van der Waals surface area contributed by atoms with Crippen LogP contribution in [0, 0.1) is 12.8 Å². The number of aliphatic carboxylic acids is 1. The minimum atomic E-state index is -4.65. The maximum atomic E-state index is 13.9. The molecule has 0 fully saturated rings. The van der Waals surface area contributed by atoms with Crippen molar-refractivity contribution in [3.05, 3.63) is 64.5 Å². The third-order valence-corrected chi connectivity index (χ3v) is 7.22. The van der Waals surface area contributed by atoms with Gasteiger partial charge in [-0.25, -0.2) is 14.8 Å². The Morgan fingerprint density at radius 2 is 1.84 bits per heavy atom. The summed E-state index contributed by atoms with van der Waals surface area (Å²) in [6, 6.07) is 6.51. The van der Waals surface area contributed by atoms with E-state index >= 15 is 0 Å². The molecule has 1 aliphatic rings. The molecule has 0 spiro atoms. The maximum Gasteiger partial charge on any atom is 0.416 e. The molecule has 1 aromatic heterocycles. The minimum Gasteiger partial charge on any atom is -0.481 e. The summed E-state index contributed by atoms with van der Waals surface area (Å²) in [5, 5.41) is 15.7. The SMILES string of the molecule is COCc1cc2nc(C)nc(N[C@H](C)c3cc(NC(=O)OC(C)(C)C)cc(C(F)(F)F)c3)c2cc1C1=CCC(C(=O)O)CC1. The molecule has 3 N–H and O–H groups in total. The number of carboxylic acids is 1. The predicted molar refractivity (Wildman–Crippen MR) is 161 cm³/mol. The number of alkyl halides is 3. The number of nitrogens with one attached hydrogen (secondary N) is 2. The number of carboxylic acid groups (broad SMARTS) is 1. The number of carbonyl (C=O) groups is 2. The van der Waals surface area contributed by atoms with Gasteiger partial charge in [-0.15, -0.1) is 0 Å². The highest BCUT2D eigenvalue weighted by Crippen LogP contribution is 2.37. The molecule has 0 saturated carbocycles. The first-order chi connectivity index (χ1) is 20.5. The minimum absolute atomic E-state index is 0.0585. The van der Waals surface area contributed by atoms with E-state index in [1.54, 1.807) is 41.7 Å². The molecule has 1 heterocycles. The third-order valence-electron chi connectivity index (χ3n) is 7.22. The van der Waals surface area contributed by atoms with Crippen molar-refractivity contribution in [2.45, 2.75) is 78.3 Å². The largest absolute Gasteiger partial charge is 0.481 e. The van der Waals surface area contributed by atoms with Gasteiger partial charge in [0.2, 0.25) is 0 Å². The van der Waals surface area contributed by atoms with Gasteiger partial charge >= 0.3 is 18.2 Å². The van der Waals surface area contributed by atoms with E-state index in [1.165, 1.54) is 6.07 Å². The molecule has 0 aliphatic heterocycles. The van der Waals surface area contributed by atoms with Crippen LogP contribution in [-0.4, -0.2) is 39.8 Å². The Morgan fingerprint density at radius 3 is 2.43 bits per heavy atom. The van der Waals surface area contributed by atoms with Crippen molar-refractivity contribution in [1.29, 1.82) is 0 Å². The summed E-state index contributed by atoms with van der Waals surface area (Å²) < 4.78 is 52.3. The molecule has 1 amide bonds. The number of ether oxygens (including phenoxy) is 2. The smallest absolute Gasteiger partial charge is 0.416 e. The van der Waals surface area contributed by atoms with E-state index in [4.69, 9.17) is 9.47 Å². The Morgan fingerprint density at radius 1 is 1.11 bits per heavy atom. The first-order valence-electron chi connectivity index (χ1n) is 14.2. The molecule has 0 bridgehead atoms. The number of anilines is 2. The van der Waals surface area contributed by atoms with Gasteiger partial charge in [0.1, 0.15) is 17.2 Å². The van der Waals surface area contributed by atoms with Crippen molar-refractivity contribution in [3.63, 3.8) is 0 Å². The highest BCUT2D eigenvalue weighted by Gasteiger charge is 2.32. The van der Waals surface area contributed by atoms with Crippen LogP contribution in [0.1, 0.15) is 81.1 Å². The van der Waals surface area contributed by atoms with Crippen LogP contribution in [-0.2, 0) is 27.1 Å². The Kier molecular flexibility index (Phi) is 9.53. The van der Waals surface area contributed by atoms with Crippen LogP contribution in [0.2, 0.25) is 0 Å². The lowest BCUT2D eigenvalue weighted by Crippen LogP contribution is -2.27. The summed E-state index contributed by atoms with van der Waals surface area (Å²) in [6.07, 6.45) is -2.09. The zero-order chi connectivity index (χ0) is 32.4.